The first-order valence-electron chi connectivity index (χ1n) is 4.03. The predicted octanol–water partition coefficient (Wildman–Crippen LogP) is 1.02. The molecule has 0 aromatic carbocycles. The molecular formula is C8H13N3. The summed E-state index contributed by atoms with van der Waals surface area (Å²) in [5.41, 5.74) is 0. The van der Waals surface area contributed by atoms with Gasteiger partial charge in [-0.15, -0.1) is 0 Å². The number of rotatable bonds is 3. The molecule has 1 heterocycles. The molecule has 3 nitrogen and oxygen atoms in total. The molecule has 0 spiro atoms. The first-order chi connectivity index (χ1) is 5.38. The zero-order chi connectivity index (χ0) is 8.10. The molecule has 0 aliphatic carbocycles. The molecule has 0 aromatic rings. The number of aliphatic imine (C=N–C) groups is 1. The van der Waals surface area contributed by atoms with Gasteiger partial charge in [-0.2, -0.15) is 5.26 Å². The van der Waals surface area contributed by atoms with Crippen LogP contribution in [0.2, 0.25) is 0 Å². The maximum Gasteiger partial charge on any atom is 0.113 e. The Morgan fingerprint density at radius 1 is 1.73 bits per heavy atom. The van der Waals surface area contributed by atoms with Crippen molar-refractivity contribution in [3.05, 3.63) is 0 Å². The average molecular weight is 151 g/mol. The van der Waals surface area contributed by atoms with Crippen molar-refractivity contribution in [2.24, 2.45) is 4.99 Å². The minimum Gasteiger partial charge on any atom is -0.358 e. The Kier molecular flexibility index (Phi) is 2.91. The van der Waals surface area contributed by atoms with E-state index in [1.54, 1.807) is 0 Å². The van der Waals surface area contributed by atoms with E-state index < -0.39 is 0 Å². The minimum atomic E-state index is 0.472. The van der Waals surface area contributed by atoms with Crippen LogP contribution in [0, 0.1) is 11.3 Å². The first-order valence-corrected chi connectivity index (χ1v) is 4.03. The van der Waals surface area contributed by atoms with Gasteiger partial charge in [0, 0.05) is 13.1 Å². The molecule has 0 saturated heterocycles. The Bertz CT molecular complexity index is 190. The molecule has 3 heteroatoms. The van der Waals surface area contributed by atoms with Crippen LogP contribution in [0.15, 0.2) is 4.99 Å². The molecule has 0 amide bonds. The van der Waals surface area contributed by atoms with Crippen molar-refractivity contribution in [1.82, 2.24) is 4.90 Å². The molecule has 0 radical (unpaired) electrons. The molecule has 0 aromatic heterocycles. The fourth-order valence-electron chi connectivity index (χ4n) is 1.28. The molecule has 1 aliphatic heterocycles. The summed E-state index contributed by atoms with van der Waals surface area (Å²) in [6.07, 6.45) is 1.60. The van der Waals surface area contributed by atoms with Crippen molar-refractivity contribution < 1.29 is 0 Å². The van der Waals surface area contributed by atoms with Gasteiger partial charge in [0.05, 0.1) is 19.0 Å². The second kappa shape index (κ2) is 3.97. The molecular weight excluding hydrogens is 138 g/mol. The maximum absolute atomic E-state index is 8.46. The van der Waals surface area contributed by atoms with Gasteiger partial charge in [0.25, 0.3) is 0 Å². The Balaban J connectivity index is 2.43. The van der Waals surface area contributed by atoms with E-state index in [4.69, 9.17) is 5.26 Å². The molecule has 60 valence electrons. The summed E-state index contributed by atoms with van der Waals surface area (Å²) >= 11 is 0. The molecule has 0 atom stereocenters. The maximum atomic E-state index is 8.46. The summed E-state index contributed by atoms with van der Waals surface area (Å²) in [6, 6.07) is 2.13. The van der Waals surface area contributed by atoms with Crippen molar-refractivity contribution >= 4 is 5.84 Å². The van der Waals surface area contributed by atoms with Gasteiger partial charge in [-0.25, -0.2) is 0 Å². The van der Waals surface area contributed by atoms with Crippen molar-refractivity contribution in [1.29, 1.82) is 5.26 Å². The van der Waals surface area contributed by atoms with Gasteiger partial charge in [-0.1, -0.05) is 6.92 Å². The molecule has 0 unspecified atom stereocenters. The van der Waals surface area contributed by atoms with E-state index in [1.165, 1.54) is 0 Å². The standard InChI is InChI=1S/C8H13N3/c1-2-6-11-7-5-10-8(11)3-4-9/h2-3,5-7H2,1H3. The largest absolute Gasteiger partial charge is 0.358 e. The summed E-state index contributed by atoms with van der Waals surface area (Å²) in [5, 5.41) is 8.46. The SMILES string of the molecule is CCCN1CCN=C1CC#N. The predicted molar refractivity (Wildman–Crippen MR) is 44.4 cm³/mol. The number of amidine groups is 1. The quantitative estimate of drug-likeness (QED) is 0.604. The Morgan fingerprint density at radius 2 is 2.55 bits per heavy atom. The van der Waals surface area contributed by atoms with Gasteiger partial charge < -0.3 is 4.90 Å². The fraction of sp³-hybridized carbons (Fsp3) is 0.750. The van der Waals surface area contributed by atoms with E-state index in [0.29, 0.717) is 6.42 Å². The topological polar surface area (TPSA) is 39.4 Å². The molecule has 0 bridgehead atoms. The third kappa shape index (κ3) is 1.94. The molecule has 0 fully saturated rings. The van der Waals surface area contributed by atoms with E-state index >= 15 is 0 Å². The van der Waals surface area contributed by atoms with Gasteiger partial charge in [0.15, 0.2) is 0 Å². The summed E-state index contributed by atoms with van der Waals surface area (Å²) in [4.78, 5) is 6.44. The lowest BCUT2D eigenvalue weighted by Crippen LogP contribution is -2.27. The van der Waals surface area contributed by atoms with Crippen molar-refractivity contribution in [3.63, 3.8) is 0 Å². The van der Waals surface area contributed by atoms with Crippen molar-refractivity contribution in [3.8, 4) is 6.07 Å². The lowest BCUT2D eigenvalue weighted by molar-refractivity contribution is 0.451. The van der Waals surface area contributed by atoms with E-state index in [9.17, 15) is 0 Å². The number of hydrogen-bond acceptors (Lipinski definition) is 3. The molecule has 1 aliphatic rings. The van der Waals surface area contributed by atoms with Gasteiger partial charge in [-0.3, -0.25) is 4.99 Å². The van der Waals surface area contributed by atoms with Crippen LogP contribution in [0.5, 0.6) is 0 Å². The van der Waals surface area contributed by atoms with E-state index in [1.807, 2.05) is 0 Å². The second-order valence-corrected chi connectivity index (χ2v) is 2.62. The van der Waals surface area contributed by atoms with Crippen molar-refractivity contribution in [2.75, 3.05) is 19.6 Å². The van der Waals surface area contributed by atoms with Gasteiger partial charge >= 0.3 is 0 Å². The van der Waals surface area contributed by atoms with Crippen LogP contribution in [-0.2, 0) is 0 Å². The lowest BCUT2D eigenvalue weighted by Gasteiger charge is -2.17. The minimum absolute atomic E-state index is 0.472. The molecule has 1 rings (SSSR count). The summed E-state index contributed by atoms with van der Waals surface area (Å²) in [6.45, 7) is 5.06. The summed E-state index contributed by atoms with van der Waals surface area (Å²) in [5.74, 6) is 0.981. The average Bonchev–Trinajstić information content (AvgIpc) is 2.39. The van der Waals surface area contributed by atoms with Gasteiger partial charge in [0.1, 0.15) is 5.84 Å². The number of nitrogens with zero attached hydrogens (tertiary/aromatic N) is 3. The number of nitriles is 1. The van der Waals surface area contributed by atoms with E-state index in [-0.39, 0.29) is 0 Å². The Hall–Kier alpha value is -1.04. The third-order valence-corrected chi connectivity index (χ3v) is 1.76. The molecule has 0 saturated carbocycles. The third-order valence-electron chi connectivity index (χ3n) is 1.76. The monoisotopic (exact) mass is 151 g/mol. The van der Waals surface area contributed by atoms with Crippen LogP contribution in [-0.4, -0.2) is 30.4 Å². The normalized spacial score (nSPS) is 16.4. The Morgan fingerprint density at radius 3 is 3.18 bits per heavy atom. The van der Waals surface area contributed by atoms with Crippen LogP contribution < -0.4 is 0 Å². The lowest BCUT2D eigenvalue weighted by atomic mass is 10.3. The Labute approximate surface area is 67.3 Å². The highest BCUT2D eigenvalue weighted by Gasteiger charge is 2.14. The number of hydrogen-bond donors (Lipinski definition) is 0. The highest BCUT2D eigenvalue weighted by atomic mass is 15.2. The van der Waals surface area contributed by atoms with Gasteiger partial charge in [-0.05, 0) is 6.42 Å². The smallest absolute Gasteiger partial charge is 0.113 e. The molecule has 11 heavy (non-hydrogen) atoms. The highest BCUT2D eigenvalue weighted by molar-refractivity contribution is 5.85. The van der Waals surface area contributed by atoms with Crippen LogP contribution in [0.4, 0.5) is 0 Å². The zero-order valence-corrected chi connectivity index (χ0v) is 6.88. The molecule has 0 N–H and O–H groups in total. The van der Waals surface area contributed by atoms with Crippen LogP contribution in [0.1, 0.15) is 19.8 Å². The van der Waals surface area contributed by atoms with Crippen LogP contribution >= 0.6 is 0 Å². The fourth-order valence-corrected chi connectivity index (χ4v) is 1.28. The van der Waals surface area contributed by atoms with Gasteiger partial charge in [0.2, 0.25) is 0 Å². The summed E-state index contributed by atoms with van der Waals surface area (Å²) < 4.78 is 0. The summed E-state index contributed by atoms with van der Waals surface area (Å²) in [7, 11) is 0. The van der Waals surface area contributed by atoms with Crippen molar-refractivity contribution in [2.45, 2.75) is 19.8 Å². The zero-order valence-electron chi connectivity index (χ0n) is 6.88. The second-order valence-electron chi connectivity index (χ2n) is 2.62. The highest BCUT2D eigenvalue weighted by Crippen LogP contribution is 2.04. The van der Waals surface area contributed by atoms with E-state index in [0.717, 1.165) is 31.9 Å². The first kappa shape index (κ1) is 8.06. The van der Waals surface area contributed by atoms with Crippen LogP contribution in [0.3, 0.4) is 0 Å². The van der Waals surface area contributed by atoms with E-state index in [2.05, 4.69) is 22.9 Å². The van der Waals surface area contributed by atoms with Crippen LogP contribution in [0.25, 0.3) is 0 Å².